The van der Waals surface area contributed by atoms with Gasteiger partial charge >= 0.3 is 0 Å². The minimum atomic E-state index is 0.694. The molecule has 0 atom stereocenters. The van der Waals surface area contributed by atoms with Gasteiger partial charge in [-0.05, 0) is 6.42 Å². The SMILES string of the molecule is CCc1nn(C)c(Cl)c1CN1CC(N2CCOCC2)C1. The van der Waals surface area contributed by atoms with E-state index in [1.807, 2.05) is 7.05 Å². The Hall–Kier alpha value is -0.620. The van der Waals surface area contributed by atoms with Gasteiger partial charge in [-0.1, -0.05) is 18.5 Å². The van der Waals surface area contributed by atoms with Crippen LogP contribution in [0.5, 0.6) is 0 Å². The van der Waals surface area contributed by atoms with E-state index in [4.69, 9.17) is 16.3 Å². The van der Waals surface area contributed by atoms with Crippen molar-refractivity contribution in [2.24, 2.45) is 7.05 Å². The quantitative estimate of drug-likeness (QED) is 0.835. The molecule has 1 aromatic rings. The van der Waals surface area contributed by atoms with Crippen LogP contribution in [0.15, 0.2) is 0 Å². The molecule has 3 rings (SSSR count). The molecular formula is C14H23ClN4O. The Morgan fingerprint density at radius 3 is 2.65 bits per heavy atom. The summed E-state index contributed by atoms with van der Waals surface area (Å²) >= 11 is 6.35. The van der Waals surface area contributed by atoms with Crippen LogP contribution < -0.4 is 0 Å². The summed E-state index contributed by atoms with van der Waals surface area (Å²) in [4.78, 5) is 5.01. The van der Waals surface area contributed by atoms with Crippen LogP contribution >= 0.6 is 11.6 Å². The minimum Gasteiger partial charge on any atom is -0.379 e. The molecule has 2 aliphatic rings. The second-order valence-electron chi connectivity index (χ2n) is 5.69. The van der Waals surface area contributed by atoms with Crippen molar-refractivity contribution in [1.82, 2.24) is 19.6 Å². The van der Waals surface area contributed by atoms with E-state index >= 15 is 0 Å². The molecule has 2 saturated heterocycles. The Kier molecular flexibility index (Phi) is 4.31. The van der Waals surface area contributed by atoms with Gasteiger partial charge in [0.1, 0.15) is 5.15 Å². The molecule has 2 fully saturated rings. The number of morpholine rings is 1. The van der Waals surface area contributed by atoms with Crippen LogP contribution in [0.4, 0.5) is 0 Å². The van der Waals surface area contributed by atoms with E-state index < -0.39 is 0 Å². The van der Waals surface area contributed by atoms with Gasteiger partial charge in [-0.15, -0.1) is 0 Å². The number of rotatable bonds is 4. The summed E-state index contributed by atoms with van der Waals surface area (Å²) in [7, 11) is 1.91. The van der Waals surface area contributed by atoms with E-state index in [2.05, 4.69) is 21.8 Å². The molecule has 0 aromatic carbocycles. The fourth-order valence-corrected chi connectivity index (χ4v) is 3.32. The van der Waals surface area contributed by atoms with Gasteiger partial charge in [0.25, 0.3) is 0 Å². The number of hydrogen-bond acceptors (Lipinski definition) is 4. The van der Waals surface area contributed by atoms with Crippen molar-refractivity contribution in [1.29, 1.82) is 0 Å². The molecule has 0 N–H and O–H groups in total. The van der Waals surface area contributed by atoms with Crippen LogP contribution in [0.1, 0.15) is 18.2 Å². The second-order valence-corrected chi connectivity index (χ2v) is 6.05. The van der Waals surface area contributed by atoms with Crippen molar-refractivity contribution in [3.8, 4) is 0 Å². The van der Waals surface area contributed by atoms with Crippen molar-refractivity contribution in [2.45, 2.75) is 25.9 Å². The zero-order chi connectivity index (χ0) is 14.1. The maximum Gasteiger partial charge on any atom is 0.131 e. The molecule has 20 heavy (non-hydrogen) atoms. The Morgan fingerprint density at radius 1 is 1.30 bits per heavy atom. The summed E-state index contributed by atoms with van der Waals surface area (Å²) in [6, 6.07) is 0.694. The van der Waals surface area contributed by atoms with E-state index in [1.54, 1.807) is 4.68 Å². The van der Waals surface area contributed by atoms with Gasteiger partial charge in [0.15, 0.2) is 0 Å². The molecule has 0 radical (unpaired) electrons. The second kappa shape index (κ2) is 6.02. The monoisotopic (exact) mass is 298 g/mol. The van der Waals surface area contributed by atoms with Gasteiger partial charge in [0, 0.05) is 51.4 Å². The Morgan fingerprint density at radius 2 is 2.00 bits per heavy atom. The molecule has 112 valence electrons. The van der Waals surface area contributed by atoms with Crippen LogP contribution in [0.25, 0.3) is 0 Å². The Balaban J connectivity index is 1.56. The molecule has 0 saturated carbocycles. The number of aromatic nitrogens is 2. The zero-order valence-electron chi connectivity index (χ0n) is 12.3. The van der Waals surface area contributed by atoms with Crippen molar-refractivity contribution >= 4 is 11.6 Å². The number of nitrogens with zero attached hydrogens (tertiary/aromatic N) is 4. The summed E-state index contributed by atoms with van der Waals surface area (Å²) in [6.45, 7) is 9.24. The molecular weight excluding hydrogens is 276 g/mol. The summed E-state index contributed by atoms with van der Waals surface area (Å²) in [6.07, 6.45) is 0.941. The topological polar surface area (TPSA) is 33.5 Å². The van der Waals surface area contributed by atoms with Crippen molar-refractivity contribution in [3.63, 3.8) is 0 Å². The average molecular weight is 299 g/mol. The predicted octanol–water partition coefficient (Wildman–Crippen LogP) is 1.15. The van der Waals surface area contributed by atoms with Gasteiger partial charge in [0.2, 0.25) is 0 Å². The fraction of sp³-hybridized carbons (Fsp3) is 0.786. The van der Waals surface area contributed by atoms with E-state index in [-0.39, 0.29) is 0 Å². The zero-order valence-corrected chi connectivity index (χ0v) is 13.1. The first-order valence-electron chi connectivity index (χ1n) is 7.43. The van der Waals surface area contributed by atoms with Gasteiger partial charge in [-0.2, -0.15) is 5.10 Å². The fourth-order valence-electron chi connectivity index (χ4n) is 3.11. The molecule has 0 unspecified atom stereocenters. The molecule has 1 aromatic heterocycles. The highest BCUT2D eigenvalue weighted by Gasteiger charge is 2.33. The normalized spacial score (nSPS) is 22.1. The maximum absolute atomic E-state index is 6.35. The minimum absolute atomic E-state index is 0.694. The van der Waals surface area contributed by atoms with Crippen molar-refractivity contribution in [2.75, 3.05) is 39.4 Å². The van der Waals surface area contributed by atoms with Crippen LogP contribution in [-0.2, 0) is 24.8 Å². The van der Waals surface area contributed by atoms with E-state index in [9.17, 15) is 0 Å². The van der Waals surface area contributed by atoms with Gasteiger partial charge < -0.3 is 4.74 Å². The third-order valence-electron chi connectivity index (χ3n) is 4.37. The number of ether oxygens (including phenoxy) is 1. The Bertz CT molecular complexity index is 464. The lowest BCUT2D eigenvalue weighted by Crippen LogP contribution is -2.60. The smallest absolute Gasteiger partial charge is 0.131 e. The Labute approximate surface area is 125 Å². The lowest BCUT2D eigenvalue weighted by Gasteiger charge is -2.46. The average Bonchev–Trinajstić information content (AvgIpc) is 2.70. The predicted molar refractivity (Wildman–Crippen MR) is 79.1 cm³/mol. The van der Waals surface area contributed by atoms with Crippen molar-refractivity contribution < 1.29 is 4.74 Å². The summed E-state index contributed by atoms with van der Waals surface area (Å²) in [5.74, 6) is 0. The first-order chi connectivity index (χ1) is 9.69. The molecule has 5 nitrogen and oxygen atoms in total. The first-order valence-corrected chi connectivity index (χ1v) is 7.81. The largest absolute Gasteiger partial charge is 0.379 e. The molecule has 2 aliphatic heterocycles. The molecule has 0 bridgehead atoms. The molecule has 6 heteroatoms. The summed E-state index contributed by atoms with van der Waals surface area (Å²) in [5.41, 5.74) is 2.34. The van der Waals surface area contributed by atoms with Crippen LogP contribution in [0, 0.1) is 0 Å². The van der Waals surface area contributed by atoms with E-state index in [1.165, 1.54) is 5.56 Å². The third kappa shape index (κ3) is 2.72. The number of halogens is 1. The van der Waals surface area contributed by atoms with Crippen molar-refractivity contribution in [3.05, 3.63) is 16.4 Å². The highest BCUT2D eigenvalue weighted by atomic mass is 35.5. The molecule has 0 amide bonds. The highest BCUT2D eigenvalue weighted by molar-refractivity contribution is 6.30. The van der Waals surface area contributed by atoms with Crippen LogP contribution in [0.2, 0.25) is 5.15 Å². The lowest BCUT2D eigenvalue weighted by molar-refractivity contribution is -0.0344. The third-order valence-corrected chi connectivity index (χ3v) is 4.84. The highest BCUT2D eigenvalue weighted by Crippen LogP contribution is 2.25. The molecule has 0 spiro atoms. The maximum atomic E-state index is 6.35. The van der Waals surface area contributed by atoms with Gasteiger partial charge in [-0.25, -0.2) is 0 Å². The molecule has 3 heterocycles. The lowest BCUT2D eigenvalue weighted by atomic mass is 10.0. The summed E-state index contributed by atoms with van der Waals surface area (Å²) < 4.78 is 7.19. The number of aryl methyl sites for hydroxylation is 2. The number of hydrogen-bond donors (Lipinski definition) is 0. The number of likely N-dealkylation sites (tertiary alicyclic amines) is 1. The summed E-state index contributed by atoms with van der Waals surface area (Å²) in [5, 5.41) is 5.27. The van der Waals surface area contributed by atoms with Gasteiger partial charge in [-0.3, -0.25) is 14.5 Å². The van der Waals surface area contributed by atoms with Crippen LogP contribution in [-0.4, -0.2) is 65.0 Å². The van der Waals surface area contributed by atoms with E-state index in [0.29, 0.717) is 6.04 Å². The van der Waals surface area contributed by atoms with E-state index in [0.717, 1.165) is 63.2 Å². The van der Waals surface area contributed by atoms with Crippen LogP contribution in [0.3, 0.4) is 0 Å². The first kappa shape index (κ1) is 14.3. The molecule has 0 aliphatic carbocycles. The standard InChI is InChI=1S/C14H23ClN4O/c1-3-13-12(14(15)17(2)16-13)10-18-8-11(9-18)19-4-6-20-7-5-19/h11H,3-10H2,1-2H3. The van der Waals surface area contributed by atoms with Gasteiger partial charge in [0.05, 0.1) is 18.9 Å².